The van der Waals surface area contributed by atoms with E-state index >= 15 is 0 Å². The van der Waals surface area contributed by atoms with E-state index in [9.17, 15) is 0 Å². The lowest BCUT2D eigenvalue weighted by Crippen LogP contribution is -2.39. The number of aromatic nitrogens is 1. The SMILES string of the molecule is CCOC1CCCN(c2ccnc3c(N)cccc23)C1. The average Bonchev–Trinajstić information content (AvgIpc) is 2.48. The van der Waals surface area contributed by atoms with Gasteiger partial charge in [-0.25, -0.2) is 0 Å². The van der Waals surface area contributed by atoms with Gasteiger partial charge in [0, 0.05) is 37.0 Å². The minimum atomic E-state index is 0.332. The van der Waals surface area contributed by atoms with Crippen molar-refractivity contribution in [3.05, 3.63) is 30.5 Å². The number of piperidine rings is 1. The summed E-state index contributed by atoms with van der Waals surface area (Å²) in [7, 11) is 0. The number of rotatable bonds is 3. The second kappa shape index (κ2) is 5.67. The number of pyridine rings is 1. The highest BCUT2D eigenvalue weighted by molar-refractivity contribution is 5.98. The van der Waals surface area contributed by atoms with Crippen LogP contribution in [0.5, 0.6) is 0 Å². The molecule has 2 heterocycles. The van der Waals surface area contributed by atoms with Gasteiger partial charge in [-0.3, -0.25) is 4.98 Å². The first kappa shape index (κ1) is 13.2. The van der Waals surface area contributed by atoms with Crippen LogP contribution < -0.4 is 10.6 Å². The van der Waals surface area contributed by atoms with Crippen LogP contribution in [0.25, 0.3) is 10.9 Å². The van der Waals surface area contributed by atoms with Gasteiger partial charge < -0.3 is 15.4 Å². The van der Waals surface area contributed by atoms with Crippen molar-refractivity contribution in [2.24, 2.45) is 0 Å². The van der Waals surface area contributed by atoms with Crippen LogP contribution in [0.4, 0.5) is 11.4 Å². The van der Waals surface area contributed by atoms with E-state index in [1.54, 1.807) is 0 Å². The van der Waals surface area contributed by atoms with E-state index in [0.717, 1.165) is 49.1 Å². The fraction of sp³-hybridized carbons (Fsp3) is 0.438. The van der Waals surface area contributed by atoms with Gasteiger partial charge in [0.15, 0.2) is 0 Å². The number of nitrogens with zero attached hydrogens (tertiary/aromatic N) is 2. The predicted molar refractivity (Wildman–Crippen MR) is 83.0 cm³/mol. The van der Waals surface area contributed by atoms with Crippen molar-refractivity contribution in [3.8, 4) is 0 Å². The first-order valence-corrected chi connectivity index (χ1v) is 7.29. The van der Waals surface area contributed by atoms with Gasteiger partial charge in [-0.05, 0) is 31.9 Å². The monoisotopic (exact) mass is 271 g/mol. The molecule has 0 amide bonds. The van der Waals surface area contributed by atoms with Crippen LogP contribution in [-0.4, -0.2) is 30.8 Å². The van der Waals surface area contributed by atoms with Gasteiger partial charge in [0.25, 0.3) is 0 Å². The Labute approximate surface area is 119 Å². The molecule has 1 aromatic carbocycles. The molecule has 1 aliphatic rings. The number of benzene rings is 1. The number of nitrogen functional groups attached to an aromatic ring is 1. The smallest absolute Gasteiger partial charge is 0.0951 e. The maximum Gasteiger partial charge on any atom is 0.0951 e. The fourth-order valence-corrected chi connectivity index (χ4v) is 2.99. The molecule has 0 radical (unpaired) electrons. The lowest BCUT2D eigenvalue weighted by Gasteiger charge is -2.34. The zero-order valence-electron chi connectivity index (χ0n) is 11.9. The molecule has 0 spiro atoms. The molecule has 2 N–H and O–H groups in total. The van der Waals surface area contributed by atoms with Gasteiger partial charge in [-0.1, -0.05) is 12.1 Å². The minimum absolute atomic E-state index is 0.332. The van der Waals surface area contributed by atoms with Crippen LogP contribution in [0, 0.1) is 0 Å². The zero-order chi connectivity index (χ0) is 13.9. The Morgan fingerprint density at radius 3 is 3.15 bits per heavy atom. The summed E-state index contributed by atoms with van der Waals surface area (Å²) in [6.45, 7) is 4.85. The Bertz CT molecular complexity index is 597. The number of para-hydroxylation sites is 1. The normalized spacial score (nSPS) is 19.4. The molecule has 1 aliphatic heterocycles. The lowest BCUT2D eigenvalue weighted by atomic mass is 10.1. The molecule has 3 rings (SSSR count). The largest absolute Gasteiger partial charge is 0.397 e. The molecule has 1 atom stereocenters. The van der Waals surface area contributed by atoms with Crippen LogP contribution >= 0.6 is 0 Å². The first-order valence-electron chi connectivity index (χ1n) is 7.29. The van der Waals surface area contributed by atoms with Crippen molar-refractivity contribution in [1.82, 2.24) is 4.98 Å². The van der Waals surface area contributed by atoms with Crippen molar-refractivity contribution >= 4 is 22.3 Å². The molecule has 1 saturated heterocycles. The third kappa shape index (κ3) is 2.43. The van der Waals surface area contributed by atoms with E-state index in [1.807, 2.05) is 18.3 Å². The number of ether oxygens (including phenoxy) is 1. The summed E-state index contributed by atoms with van der Waals surface area (Å²) in [4.78, 5) is 6.80. The lowest BCUT2D eigenvalue weighted by molar-refractivity contribution is 0.0527. The first-order chi connectivity index (χ1) is 9.79. The molecule has 0 bridgehead atoms. The molecule has 106 valence electrons. The molecular weight excluding hydrogens is 250 g/mol. The van der Waals surface area contributed by atoms with Crippen LogP contribution in [0.3, 0.4) is 0 Å². The van der Waals surface area contributed by atoms with E-state index in [4.69, 9.17) is 10.5 Å². The van der Waals surface area contributed by atoms with E-state index < -0.39 is 0 Å². The van der Waals surface area contributed by atoms with E-state index in [0.29, 0.717) is 6.10 Å². The summed E-state index contributed by atoms with van der Waals surface area (Å²) in [5.74, 6) is 0. The molecule has 1 aromatic heterocycles. The van der Waals surface area contributed by atoms with Crippen molar-refractivity contribution in [2.45, 2.75) is 25.9 Å². The van der Waals surface area contributed by atoms with E-state index in [2.05, 4.69) is 28.9 Å². The number of fused-ring (bicyclic) bond motifs is 1. The van der Waals surface area contributed by atoms with Crippen molar-refractivity contribution < 1.29 is 4.74 Å². The standard InChI is InChI=1S/C16H21N3O/c1-2-20-12-5-4-10-19(11-12)15-8-9-18-16-13(15)6-3-7-14(16)17/h3,6-9,12H,2,4-5,10-11,17H2,1H3. The van der Waals surface area contributed by atoms with Gasteiger partial charge >= 0.3 is 0 Å². The summed E-state index contributed by atoms with van der Waals surface area (Å²) in [5.41, 5.74) is 8.87. The fourth-order valence-electron chi connectivity index (χ4n) is 2.99. The van der Waals surface area contributed by atoms with Gasteiger partial charge in [0.2, 0.25) is 0 Å². The van der Waals surface area contributed by atoms with Crippen LogP contribution in [0.2, 0.25) is 0 Å². The summed E-state index contributed by atoms with van der Waals surface area (Å²) in [6.07, 6.45) is 4.49. The van der Waals surface area contributed by atoms with Crippen LogP contribution in [-0.2, 0) is 4.74 Å². The quantitative estimate of drug-likeness (QED) is 0.872. The minimum Gasteiger partial charge on any atom is -0.397 e. The molecule has 1 fully saturated rings. The molecular formula is C16H21N3O. The van der Waals surface area contributed by atoms with Crippen molar-refractivity contribution in [3.63, 3.8) is 0 Å². The maximum absolute atomic E-state index is 6.02. The van der Waals surface area contributed by atoms with Gasteiger partial charge in [-0.2, -0.15) is 0 Å². The average molecular weight is 271 g/mol. The molecule has 2 aromatic rings. The Morgan fingerprint density at radius 1 is 1.40 bits per heavy atom. The summed E-state index contributed by atoms with van der Waals surface area (Å²) < 4.78 is 5.79. The molecule has 4 heteroatoms. The zero-order valence-corrected chi connectivity index (χ0v) is 11.9. The Balaban J connectivity index is 1.95. The predicted octanol–water partition coefficient (Wildman–Crippen LogP) is 2.82. The third-order valence-electron chi connectivity index (χ3n) is 3.90. The second-order valence-corrected chi connectivity index (χ2v) is 5.24. The molecule has 4 nitrogen and oxygen atoms in total. The van der Waals surface area contributed by atoms with Crippen molar-refractivity contribution in [1.29, 1.82) is 0 Å². The topological polar surface area (TPSA) is 51.4 Å². The van der Waals surface area contributed by atoms with Gasteiger partial charge in [-0.15, -0.1) is 0 Å². The number of hydrogen-bond acceptors (Lipinski definition) is 4. The highest BCUT2D eigenvalue weighted by Gasteiger charge is 2.21. The van der Waals surface area contributed by atoms with E-state index in [-0.39, 0.29) is 0 Å². The van der Waals surface area contributed by atoms with Crippen molar-refractivity contribution in [2.75, 3.05) is 30.3 Å². The molecule has 0 saturated carbocycles. The molecule has 0 aliphatic carbocycles. The number of anilines is 2. The molecule has 20 heavy (non-hydrogen) atoms. The summed E-state index contributed by atoms with van der Waals surface area (Å²) >= 11 is 0. The van der Waals surface area contributed by atoms with E-state index in [1.165, 1.54) is 5.69 Å². The Kier molecular flexibility index (Phi) is 3.74. The van der Waals surface area contributed by atoms with Gasteiger partial charge in [0.1, 0.15) is 0 Å². The number of nitrogens with two attached hydrogens (primary N) is 1. The maximum atomic E-state index is 6.02. The summed E-state index contributed by atoms with van der Waals surface area (Å²) in [6, 6.07) is 8.07. The highest BCUT2D eigenvalue weighted by Crippen LogP contribution is 2.30. The van der Waals surface area contributed by atoms with Crippen LogP contribution in [0.1, 0.15) is 19.8 Å². The van der Waals surface area contributed by atoms with Crippen LogP contribution in [0.15, 0.2) is 30.5 Å². The Morgan fingerprint density at radius 2 is 2.30 bits per heavy atom. The highest BCUT2D eigenvalue weighted by atomic mass is 16.5. The van der Waals surface area contributed by atoms with Gasteiger partial charge in [0.05, 0.1) is 17.3 Å². The second-order valence-electron chi connectivity index (χ2n) is 5.24. The Hall–Kier alpha value is -1.81. The third-order valence-corrected chi connectivity index (χ3v) is 3.90. The summed E-state index contributed by atoms with van der Waals surface area (Å²) in [5, 5.41) is 1.13. The molecule has 1 unspecified atom stereocenters. The number of hydrogen-bond donors (Lipinski definition) is 1.